The van der Waals surface area contributed by atoms with Gasteiger partial charge < -0.3 is 10.5 Å². The number of carbonyl (C=O) groups excluding carboxylic acids is 1. The van der Waals surface area contributed by atoms with E-state index in [0.717, 1.165) is 42.3 Å². The summed E-state index contributed by atoms with van der Waals surface area (Å²) in [4.78, 5) is 15.3. The van der Waals surface area contributed by atoms with Gasteiger partial charge in [0.1, 0.15) is 0 Å². The van der Waals surface area contributed by atoms with Gasteiger partial charge in [-0.05, 0) is 38.3 Å². The van der Waals surface area contributed by atoms with E-state index >= 15 is 0 Å². The van der Waals surface area contributed by atoms with Gasteiger partial charge in [0.2, 0.25) is 11.8 Å². The van der Waals surface area contributed by atoms with E-state index in [9.17, 15) is 4.79 Å². The van der Waals surface area contributed by atoms with Crippen LogP contribution in [0.3, 0.4) is 0 Å². The first-order valence-electron chi connectivity index (χ1n) is 9.60. The number of benzene rings is 1. The van der Waals surface area contributed by atoms with Crippen LogP contribution in [0.4, 0.5) is 0 Å². The molecule has 0 bridgehead atoms. The van der Waals surface area contributed by atoms with Gasteiger partial charge in [0.25, 0.3) is 0 Å². The molecule has 2 rings (SSSR count). The second-order valence-corrected chi connectivity index (χ2v) is 6.81. The second-order valence-electron chi connectivity index (χ2n) is 6.81. The zero-order valence-electron chi connectivity index (χ0n) is 15.7. The molecular formula is C22H30N2O2. The third-order valence-corrected chi connectivity index (χ3v) is 4.43. The number of fused-ring (bicyclic) bond motifs is 1. The lowest BCUT2D eigenvalue weighted by Crippen LogP contribution is -2.06. The number of carbonyl (C=O) groups is 1. The number of primary amides is 1. The first-order valence-corrected chi connectivity index (χ1v) is 9.60. The monoisotopic (exact) mass is 354 g/mol. The average Bonchev–Trinajstić information content (AvgIpc) is 2.62. The van der Waals surface area contributed by atoms with Crippen LogP contribution < -0.4 is 10.5 Å². The summed E-state index contributed by atoms with van der Waals surface area (Å²) in [6, 6.07) is 12.1. The van der Waals surface area contributed by atoms with E-state index in [1.807, 2.05) is 31.2 Å². The van der Waals surface area contributed by atoms with Gasteiger partial charge in [0, 0.05) is 17.5 Å². The zero-order valence-corrected chi connectivity index (χ0v) is 15.7. The summed E-state index contributed by atoms with van der Waals surface area (Å²) >= 11 is 0. The molecule has 0 radical (unpaired) electrons. The predicted octanol–water partition coefficient (Wildman–Crippen LogP) is 5.17. The Balaban J connectivity index is 1.48. The number of amides is 1. The molecule has 0 spiro atoms. The number of rotatable bonds is 12. The molecule has 0 atom stereocenters. The minimum Gasteiger partial charge on any atom is -0.478 e. The summed E-state index contributed by atoms with van der Waals surface area (Å²) in [7, 11) is 0. The maximum Gasteiger partial charge on any atom is 0.241 e. The minimum absolute atomic E-state index is 0.344. The van der Waals surface area contributed by atoms with Crippen LogP contribution in [0.1, 0.15) is 58.3 Å². The van der Waals surface area contributed by atoms with E-state index in [1.165, 1.54) is 38.2 Å². The van der Waals surface area contributed by atoms with E-state index in [0.29, 0.717) is 5.88 Å². The lowest BCUT2D eigenvalue weighted by Gasteiger charge is -2.06. The number of nitrogens with zero attached hydrogens (tertiary/aromatic N) is 1. The molecule has 2 N–H and O–H groups in total. The Bertz CT molecular complexity index is 725. The number of pyridine rings is 1. The molecule has 0 saturated carbocycles. The van der Waals surface area contributed by atoms with Gasteiger partial charge in [-0.2, -0.15) is 0 Å². The molecule has 140 valence electrons. The topological polar surface area (TPSA) is 65.2 Å². The van der Waals surface area contributed by atoms with Gasteiger partial charge in [0.05, 0.1) is 12.1 Å². The van der Waals surface area contributed by atoms with Crippen molar-refractivity contribution in [3.63, 3.8) is 0 Å². The van der Waals surface area contributed by atoms with Gasteiger partial charge in [-0.3, -0.25) is 4.79 Å². The predicted molar refractivity (Wildman–Crippen MR) is 107 cm³/mol. The summed E-state index contributed by atoms with van der Waals surface area (Å²) in [6.45, 7) is 2.69. The lowest BCUT2D eigenvalue weighted by atomic mass is 10.1. The fraction of sp³-hybridized carbons (Fsp3) is 0.455. The van der Waals surface area contributed by atoms with Crippen LogP contribution >= 0.6 is 0 Å². The number of hydrogen-bond acceptors (Lipinski definition) is 3. The quantitative estimate of drug-likeness (QED) is 0.422. The number of para-hydroxylation sites is 1. The fourth-order valence-electron chi connectivity index (χ4n) is 3.01. The number of aromatic nitrogens is 1. The zero-order chi connectivity index (χ0) is 18.6. The van der Waals surface area contributed by atoms with Crippen molar-refractivity contribution in [2.24, 2.45) is 5.73 Å². The van der Waals surface area contributed by atoms with E-state index in [4.69, 9.17) is 10.5 Å². The highest BCUT2D eigenvalue weighted by molar-refractivity contribution is 5.86. The van der Waals surface area contributed by atoms with Gasteiger partial charge >= 0.3 is 0 Å². The van der Waals surface area contributed by atoms with Crippen molar-refractivity contribution in [2.45, 2.75) is 58.3 Å². The highest BCUT2D eigenvalue weighted by atomic mass is 16.5. The van der Waals surface area contributed by atoms with Crippen LogP contribution in [0, 0.1) is 0 Å². The Morgan fingerprint density at radius 3 is 2.46 bits per heavy atom. The highest BCUT2D eigenvalue weighted by Gasteiger charge is 1.99. The molecule has 4 heteroatoms. The largest absolute Gasteiger partial charge is 0.478 e. The Hall–Kier alpha value is -2.36. The molecule has 1 heterocycles. The Morgan fingerprint density at radius 2 is 1.69 bits per heavy atom. The molecule has 1 amide bonds. The molecule has 0 saturated heterocycles. The highest BCUT2D eigenvalue weighted by Crippen LogP contribution is 2.17. The first kappa shape index (κ1) is 20.0. The molecule has 1 aromatic carbocycles. The molecule has 4 nitrogen and oxygen atoms in total. The Labute approximate surface area is 156 Å². The number of allylic oxidation sites excluding steroid dienone is 1. The average molecular weight is 354 g/mol. The molecular weight excluding hydrogens is 324 g/mol. The SMILES string of the molecule is C/C(=C\C(N)=O)CCCCCCCCCOc1ccc2ccccc2n1. The van der Waals surface area contributed by atoms with Gasteiger partial charge in [-0.25, -0.2) is 4.98 Å². The molecule has 0 fully saturated rings. The van der Waals surface area contributed by atoms with E-state index in [2.05, 4.69) is 17.1 Å². The first-order chi connectivity index (χ1) is 12.6. The molecule has 1 aromatic heterocycles. The molecule has 26 heavy (non-hydrogen) atoms. The van der Waals surface area contributed by atoms with Crippen molar-refractivity contribution in [3.05, 3.63) is 48.0 Å². The maximum absolute atomic E-state index is 10.8. The smallest absolute Gasteiger partial charge is 0.241 e. The standard InChI is InChI=1S/C22H30N2O2/c1-18(17-21(23)25)11-7-5-3-2-4-6-10-16-26-22-15-14-19-12-8-9-13-20(19)24-22/h8-9,12-15,17H,2-7,10-11,16H2,1H3,(H2,23,25)/b18-17+. The van der Waals surface area contributed by atoms with E-state index in [1.54, 1.807) is 0 Å². The van der Waals surface area contributed by atoms with Gasteiger partial charge in [-0.1, -0.05) is 55.9 Å². The lowest BCUT2D eigenvalue weighted by molar-refractivity contribution is -0.113. The van der Waals surface area contributed by atoms with Crippen molar-refractivity contribution in [2.75, 3.05) is 6.61 Å². The van der Waals surface area contributed by atoms with Crippen LogP contribution in [0.25, 0.3) is 10.9 Å². The number of ether oxygens (including phenoxy) is 1. The fourth-order valence-corrected chi connectivity index (χ4v) is 3.01. The third kappa shape index (κ3) is 7.68. The second kappa shape index (κ2) is 11.3. The van der Waals surface area contributed by atoms with Crippen molar-refractivity contribution in [3.8, 4) is 5.88 Å². The summed E-state index contributed by atoms with van der Waals surface area (Å²) in [5.41, 5.74) is 7.19. The summed E-state index contributed by atoms with van der Waals surface area (Å²) in [5, 5.41) is 1.14. The molecule has 0 aliphatic heterocycles. The van der Waals surface area contributed by atoms with Crippen LogP contribution in [0.5, 0.6) is 5.88 Å². The normalized spacial score (nSPS) is 11.7. The molecule has 0 unspecified atom stereocenters. The Kier molecular flexibility index (Phi) is 8.67. The summed E-state index contributed by atoms with van der Waals surface area (Å²) in [6.07, 6.45) is 10.8. The van der Waals surface area contributed by atoms with Crippen molar-refractivity contribution in [1.29, 1.82) is 0 Å². The van der Waals surface area contributed by atoms with Crippen molar-refractivity contribution in [1.82, 2.24) is 4.98 Å². The number of hydrogen-bond donors (Lipinski definition) is 1. The van der Waals surface area contributed by atoms with Gasteiger partial charge in [0.15, 0.2) is 0 Å². The third-order valence-electron chi connectivity index (χ3n) is 4.43. The van der Waals surface area contributed by atoms with Crippen LogP contribution in [0.2, 0.25) is 0 Å². The molecule has 0 aliphatic carbocycles. The van der Waals surface area contributed by atoms with E-state index < -0.39 is 0 Å². The Morgan fingerprint density at radius 1 is 1.00 bits per heavy atom. The van der Waals surface area contributed by atoms with Gasteiger partial charge in [-0.15, -0.1) is 0 Å². The van der Waals surface area contributed by atoms with E-state index in [-0.39, 0.29) is 5.91 Å². The maximum atomic E-state index is 10.8. The van der Waals surface area contributed by atoms with Crippen LogP contribution in [-0.2, 0) is 4.79 Å². The van der Waals surface area contributed by atoms with Crippen molar-refractivity contribution < 1.29 is 9.53 Å². The minimum atomic E-state index is -0.344. The van der Waals surface area contributed by atoms with Crippen LogP contribution in [0.15, 0.2) is 48.0 Å². The summed E-state index contributed by atoms with van der Waals surface area (Å²) < 4.78 is 5.76. The molecule has 0 aliphatic rings. The van der Waals surface area contributed by atoms with Crippen LogP contribution in [-0.4, -0.2) is 17.5 Å². The van der Waals surface area contributed by atoms with Crippen molar-refractivity contribution >= 4 is 16.8 Å². The number of nitrogens with two attached hydrogens (primary N) is 1. The summed E-state index contributed by atoms with van der Waals surface area (Å²) in [5.74, 6) is 0.367. The number of unbranched alkanes of at least 4 members (excludes halogenated alkanes) is 6. The molecule has 2 aromatic rings.